The highest BCUT2D eigenvalue weighted by molar-refractivity contribution is 5.35. The average Bonchev–Trinajstić information content (AvgIpc) is 3.41. The Morgan fingerprint density at radius 3 is 1.69 bits per heavy atom. The highest BCUT2D eigenvalue weighted by Crippen LogP contribution is 2.42. The van der Waals surface area contributed by atoms with Gasteiger partial charge in [0.1, 0.15) is 6.10 Å². The average molecular weight is 630 g/mol. The van der Waals surface area contributed by atoms with Gasteiger partial charge in [-0.3, -0.25) is 4.90 Å². The van der Waals surface area contributed by atoms with Gasteiger partial charge in [-0.05, 0) is 40.5 Å². The summed E-state index contributed by atoms with van der Waals surface area (Å²) in [4.78, 5) is 2.28. The fourth-order valence-electron chi connectivity index (χ4n) is 5.80. The molecule has 0 unspecified atom stereocenters. The maximum atomic E-state index is 13.6. The molecule has 238 valence electrons. The van der Waals surface area contributed by atoms with Crippen LogP contribution in [-0.2, 0) is 34.9 Å². The molecule has 0 amide bonds. The molecule has 1 aliphatic rings. The molecule has 10 heteroatoms. The maximum Gasteiger partial charge on any atom is 0.416 e. The first-order chi connectivity index (χ1) is 21.5. The molecule has 4 aromatic rings. The molecule has 0 aliphatic carbocycles. The summed E-state index contributed by atoms with van der Waals surface area (Å²) >= 11 is 0. The lowest BCUT2D eigenvalue weighted by atomic mass is 9.87. The van der Waals surface area contributed by atoms with Crippen LogP contribution in [0.5, 0.6) is 0 Å². The number of hydrogen-bond acceptors (Lipinski definition) is 4. The topological polar surface area (TPSA) is 41.9 Å². The summed E-state index contributed by atoms with van der Waals surface area (Å²) in [6.45, 7) is 1.23. The van der Waals surface area contributed by atoms with Crippen molar-refractivity contribution in [3.63, 3.8) is 0 Å². The van der Waals surface area contributed by atoms with Crippen molar-refractivity contribution < 1.29 is 40.9 Å². The third-order valence-electron chi connectivity index (χ3n) is 7.90. The Labute approximate surface area is 257 Å². The molecule has 1 fully saturated rings. The summed E-state index contributed by atoms with van der Waals surface area (Å²) in [7, 11) is 0. The van der Waals surface area contributed by atoms with Crippen LogP contribution < -0.4 is 0 Å². The van der Waals surface area contributed by atoms with Crippen molar-refractivity contribution in [2.75, 3.05) is 19.8 Å². The molecule has 5 rings (SSSR count). The van der Waals surface area contributed by atoms with Crippen LogP contribution in [0, 0.1) is 5.92 Å². The number of alkyl halides is 6. The third kappa shape index (κ3) is 8.52. The van der Waals surface area contributed by atoms with E-state index in [1.54, 1.807) is 0 Å². The number of hydrogen-bond donors (Lipinski definition) is 1. The van der Waals surface area contributed by atoms with Gasteiger partial charge in [-0.1, -0.05) is 91.0 Å². The van der Waals surface area contributed by atoms with Gasteiger partial charge >= 0.3 is 12.4 Å². The second-order valence-corrected chi connectivity index (χ2v) is 11.2. The van der Waals surface area contributed by atoms with E-state index in [0.717, 1.165) is 16.7 Å². The number of aliphatic hydroxyl groups is 1. The monoisotopic (exact) mass is 629 g/mol. The smallest absolute Gasteiger partial charge is 0.393 e. The molecule has 4 atom stereocenters. The van der Waals surface area contributed by atoms with E-state index in [9.17, 15) is 31.4 Å². The van der Waals surface area contributed by atoms with Crippen LogP contribution in [0.15, 0.2) is 109 Å². The van der Waals surface area contributed by atoms with Crippen LogP contribution in [0.2, 0.25) is 0 Å². The highest BCUT2D eigenvalue weighted by Gasteiger charge is 2.42. The minimum atomic E-state index is -5.03. The van der Waals surface area contributed by atoms with Gasteiger partial charge in [0.2, 0.25) is 0 Å². The molecule has 4 nitrogen and oxygen atoms in total. The number of halogens is 6. The predicted molar refractivity (Wildman–Crippen MR) is 157 cm³/mol. The molecule has 0 radical (unpaired) electrons. The molecular formula is C35H33F6NO3. The second kappa shape index (κ2) is 14.2. The van der Waals surface area contributed by atoms with Crippen molar-refractivity contribution in [1.29, 1.82) is 0 Å². The van der Waals surface area contributed by atoms with Gasteiger partial charge in [-0.2, -0.15) is 26.3 Å². The van der Waals surface area contributed by atoms with Crippen molar-refractivity contribution in [2.24, 2.45) is 5.92 Å². The molecule has 1 aliphatic heterocycles. The minimum Gasteiger partial charge on any atom is -0.393 e. The molecule has 1 saturated heterocycles. The number of rotatable bonds is 11. The Bertz CT molecular complexity index is 1430. The van der Waals surface area contributed by atoms with Gasteiger partial charge in [0.15, 0.2) is 6.29 Å². The molecule has 1 N–H and O–H groups in total. The summed E-state index contributed by atoms with van der Waals surface area (Å²) in [5, 5.41) is 10.2. The summed E-state index contributed by atoms with van der Waals surface area (Å²) in [6, 6.07) is 30.5. The van der Waals surface area contributed by atoms with Crippen LogP contribution in [-0.4, -0.2) is 36.1 Å². The Hall–Kier alpha value is -3.70. The SMILES string of the molecule is OC[C@@H](O[C@@H]1OC[C@H](CN(Cc2ccccc2)Cc2ccccc2)[C@H]1c1ccccc1)c1cc(C(F)(F)F)cc(C(F)(F)F)c1. The van der Waals surface area contributed by atoms with E-state index in [4.69, 9.17) is 9.47 Å². The lowest BCUT2D eigenvalue weighted by Crippen LogP contribution is -2.33. The number of ether oxygens (including phenoxy) is 2. The van der Waals surface area contributed by atoms with Crippen molar-refractivity contribution in [3.05, 3.63) is 143 Å². The first-order valence-corrected chi connectivity index (χ1v) is 14.5. The van der Waals surface area contributed by atoms with E-state index in [0.29, 0.717) is 31.8 Å². The van der Waals surface area contributed by atoms with Crippen molar-refractivity contribution >= 4 is 0 Å². The lowest BCUT2D eigenvalue weighted by molar-refractivity contribution is -0.163. The van der Waals surface area contributed by atoms with E-state index < -0.39 is 54.0 Å². The number of nitrogens with zero attached hydrogens (tertiary/aromatic N) is 1. The normalized spacial score (nSPS) is 19.6. The maximum absolute atomic E-state index is 13.6. The van der Waals surface area contributed by atoms with Crippen LogP contribution in [0.3, 0.4) is 0 Å². The van der Waals surface area contributed by atoms with E-state index >= 15 is 0 Å². The molecule has 1 heterocycles. The fourth-order valence-corrected chi connectivity index (χ4v) is 5.80. The van der Waals surface area contributed by atoms with Gasteiger partial charge < -0.3 is 14.6 Å². The third-order valence-corrected chi connectivity index (χ3v) is 7.90. The molecular weight excluding hydrogens is 596 g/mol. The Kier molecular flexibility index (Phi) is 10.3. The molecule has 4 aromatic carbocycles. The Balaban J connectivity index is 1.44. The summed E-state index contributed by atoms with van der Waals surface area (Å²) in [5.74, 6) is -0.557. The first-order valence-electron chi connectivity index (χ1n) is 14.5. The zero-order chi connectivity index (χ0) is 32.0. The van der Waals surface area contributed by atoms with Crippen molar-refractivity contribution in [1.82, 2.24) is 4.90 Å². The zero-order valence-corrected chi connectivity index (χ0v) is 24.2. The van der Waals surface area contributed by atoms with Gasteiger partial charge in [0, 0.05) is 31.5 Å². The van der Waals surface area contributed by atoms with Crippen molar-refractivity contribution in [2.45, 2.75) is 43.8 Å². The van der Waals surface area contributed by atoms with Crippen LogP contribution in [0.1, 0.15) is 45.4 Å². The summed E-state index contributed by atoms with van der Waals surface area (Å²) in [6.07, 6.45) is -12.6. The molecule has 0 bridgehead atoms. The quantitative estimate of drug-likeness (QED) is 0.170. The Morgan fingerprint density at radius 2 is 1.22 bits per heavy atom. The number of benzene rings is 4. The van der Waals surface area contributed by atoms with Crippen LogP contribution in [0.25, 0.3) is 0 Å². The van der Waals surface area contributed by atoms with Gasteiger partial charge in [-0.15, -0.1) is 0 Å². The van der Waals surface area contributed by atoms with Crippen LogP contribution >= 0.6 is 0 Å². The molecule has 0 aromatic heterocycles. The molecule has 0 spiro atoms. The lowest BCUT2D eigenvalue weighted by Gasteiger charge is -2.31. The summed E-state index contributed by atoms with van der Waals surface area (Å²) in [5.41, 5.74) is -0.314. The standard InChI is InChI=1S/C35H33F6NO3/c36-34(37,38)29-16-27(17-30(18-29)35(39,40)41)31(22-43)45-33-32(26-14-8-3-9-15-26)28(23-44-33)21-42(19-24-10-4-1-5-11-24)20-25-12-6-2-7-13-25/h1-18,28,31-33,43H,19-23H2/t28-,31+,32+,33-/m0/s1. The predicted octanol–water partition coefficient (Wildman–Crippen LogP) is 8.23. The largest absolute Gasteiger partial charge is 0.416 e. The Morgan fingerprint density at radius 1 is 0.733 bits per heavy atom. The van der Waals surface area contributed by atoms with Gasteiger partial charge in [0.05, 0.1) is 24.3 Å². The van der Waals surface area contributed by atoms with E-state index in [-0.39, 0.29) is 18.6 Å². The van der Waals surface area contributed by atoms with E-state index in [1.165, 1.54) is 0 Å². The number of aliphatic hydroxyl groups excluding tert-OH is 1. The van der Waals surface area contributed by atoms with Gasteiger partial charge in [-0.25, -0.2) is 0 Å². The second-order valence-electron chi connectivity index (χ2n) is 11.2. The zero-order valence-electron chi connectivity index (χ0n) is 24.2. The summed E-state index contributed by atoms with van der Waals surface area (Å²) < 4.78 is 93.6. The molecule has 0 saturated carbocycles. The fraction of sp³-hybridized carbons (Fsp3) is 0.314. The van der Waals surface area contributed by atoms with E-state index in [1.807, 2.05) is 91.0 Å². The molecule has 45 heavy (non-hydrogen) atoms. The highest BCUT2D eigenvalue weighted by atomic mass is 19.4. The first kappa shape index (κ1) is 32.7. The van der Waals surface area contributed by atoms with E-state index in [2.05, 4.69) is 4.90 Å². The van der Waals surface area contributed by atoms with Gasteiger partial charge in [0.25, 0.3) is 0 Å². The van der Waals surface area contributed by atoms with Crippen LogP contribution in [0.4, 0.5) is 26.3 Å². The van der Waals surface area contributed by atoms with Crippen molar-refractivity contribution in [3.8, 4) is 0 Å². The minimum absolute atomic E-state index is 0.0564.